The van der Waals surface area contributed by atoms with Crippen molar-refractivity contribution in [2.24, 2.45) is 4.99 Å². The van der Waals surface area contributed by atoms with Crippen LogP contribution in [0.15, 0.2) is 4.99 Å². The maximum Gasteiger partial charge on any atom is 0.0847 e. The molecule has 9 heavy (non-hydrogen) atoms. The van der Waals surface area contributed by atoms with Crippen LogP contribution in [-0.2, 0) is 0 Å². The summed E-state index contributed by atoms with van der Waals surface area (Å²) in [6, 6.07) is 0. The van der Waals surface area contributed by atoms with Gasteiger partial charge >= 0.3 is 0 Å². The van der Waals surface area contributed by atoms with Gasteiger partial charge in [-0.1, -0.05) is 0 Å². The Labute approximate surface area is 55.8 Å². The standard InChI is InChI=1S/C6H13N3/c1-7-6-9-4-2-8-3-5-9/h6,8H,2-5H2,1H3/b7-6+. The van der Waals surface area contributed by atoms with Gasteiger partial charge in [0.25, 0.3) is 0 Å². The van der Waals surface area contributed by atoms with Crippen molar-refractivity contribution < 1.29 is 0 Å². The van der Waals surface area contributed by atoms with Crippen LogP contribution in [0.4, 0.5) is 0 Å². The first-order valence-electron chi connectivity index (χ1n) is 3.30. The summed E-state index contributed by atoms with van der Waals surface area (Å²) in [4.78, 5) is 6.15. The molecule has 3 heteroatoms. The molecule has 0 atom stereocenters. The Kier molecular flexibility index (Phi) is 2.51. The van der Waals surface area contributed by atoms with Gasteiger partial charge in [-0.15, -0.1) is 0 Å². The molecule has 1 aliphatic heterocycles. The van der Waals surface area contributed by atoms with Gasteiger partial charge in [0.05, 0.1) is 6.34 Å². The minimum absolute atomic E-state index is 1.09. The van der Waals surface area contributed by atoms with Gasteiger partial charge < -0.3 is 10.2 Å². The first-order valence-corrected chi connectivity index (χ1v) is 3.30. The van der Waals surface area contributed by atoms with Crippen molar-refractivity contribution in [3.05, 3.63) is 0 Å². The molecular formula is C6H13N3. The number of nitrogens with zero attached hydrogens (tertiary/aromatic N) is 2. The third-order valence-electron chi connectivity index (χ3n) is 1.43. The van der Waals surface area contributed by atoms with Gasteiger partial charge in [0.15, 0.2) is 0 Å². The number of piperazine rings is 1. The number of hydrogen-bond acceptors (Lipinski definition) is 2. The first-order chi connectivity index (χ1) is 4.43. The maximum absolute atomic E-state index is 3.93. The molecule has 1 heterocycles. The molecule has 0 amide bonds. The second kappa shape index (κ2) is 3.45. The summed E-state index contributed by atoms with van der Waals surface area (Å²) >= 11 is 0. The quantitative estimate of drug-likeness (QED) is 0.381. The molecule has 0 aromatic carbocycles. The van der Waals surface area contributed by atoms with E-state index >= 15 is 0 Å². The number of rotatable bonds is 1. The van der Waals surface area contributed by atoms with Crippen LogP contribution in [0, 0.1) is 0 Å². The van der Waals surface area contributed by atoms with E-state index in [1.807, 2.05) is 13.4 Å². The van der Waals surface area contributed by atoms with Gasteiger partial charge in [-0.2, -0.15) is 0 Å². The Morgan fingerprint density at radius 2 is 2.11 bits per heavy atom. The van der Waals surface area contributed by atoms with E-state index in [9.17, 15) is 0 Å². The van der Waals surface area contributed by atoms with Crippen molar-refractivity contribution in [3.8, 4) is 0 Å². The summed E-state index contributed by atoms with van der Waals surface area (Å²) in [5, 5.41) is 3.27. The molecule has 0 spiro atoms. The second-order valence-corrected chi connectivity index (χ2v) is 2.16. The molecule has 0 aromatic heterocycles. The molecule has 1 fully saturated rings. The maximum atomic E-state index is 3.93. The van der Waals surface area contributed by atoms with Crippen molar-refractivity contribution in [3.63, 3.8) is 0 Å². The van der Waals surface area contributed by atoms with E-state index in [0.29, 0.717) is 0 Å². The molecule has 0 saturated carbocycles. The predicted molar refractivity (Wildman–Crippen MR) is 38.9 cm³/mol. The normalized spacial score (nSPS) is 21.2. The highest BCUT2D eigenvalue weighted by atomic mass is 15.2. The third-order valence-corrected chi connectivity index (χ3v) is 1.43. The molecular weight excluding hydrogens is 114 g/mol. The Morgan fingerprint density at radius 1 is 1.44 bits per heavy atom. The number of nitrogens with one attached hydrogen (secondary N) is 1. The lowest BCUT2D eigenvalue weighted by Gasteiger charge is -2.24. The Balaban J connectivity index is 2.23. The van der Waals surface area contributed by atoms with Crippen LogP contribution in [0.3, 0.4) is 0 Å². The van der Waals surface area contributed by atoms with E-state index in [-0.39, 0.29) is 0 Å². The van der Waals surface area contributed by atoms with Gasteiger partial charge in [0.1, 0.15) is 0 Å². The van der Waals surface area contributed by atoms with Crippen LogP contribution in [0.1, 0.15) is 0 Å². The molecule has 0 aliphatic carbocycles. The lowest BCUT2D eigenvalue weighted by molar-refractivity contribution is 0.366. The molecule has 1 saturated heterocycles. The van der Waals surface area contributed by atoms with Crippen LogP contribution in [0.2, 0.25) is 0 Å². The summed E-state index contributed by atoms with van der Waals surface area (Å²) < 4.78 is 0. The van der Waals surface area contributed by atoms with Crippen LogP contribution in [0.25, 0.3) is 0 Å². The Morgan fingerprint density at radius 3 is 2.67 bits per heavy atom. The average Bonchev–Trinajstić information content (AvgIpc) is 1.91. The monoisotopic (exact) mass is 127 g/mol. The van der Waals surface area contributed by atoms with Crippen molar-refractivity contribution >= 4 is 6.34 Å². The summed E-state index contributed by atoms with van der Waals surface area (Å²) in [5.41, 5.74) is 0. The van der Waals surface area contributed by atoms with Gasteiger partial charge in [-0.05, 0) is 0 Å². The van der Waals surface area contributed by atoms with E-state index < -0.39 is 0 Å². The van der Waals surface area contributed by atoms with E-state index in [1.165, 1.54) is 0 Å². The van der Waals surface area contributed by atoms with Crippen molar-refractivity contribution in [2.75, 3.05) is 33.2 Å². The van der Waals surface area contributed by atoms with Crippen LogP contribution < -0.4 is 5.32 Å². The molecule has 0 aromatic rings. The fourth-order valence-electron chi connectivity index (χ4n) is 0.961. The SMILES string of the molecule is C/N=C/N1CCNCC1. The lowest BCUT2D eigenvalue weighted by Crippen LogP contribution is -2.42. The van der Waals surface area contributed by atoms with E-state index in [0.717, 1.165) is 26.2 Å². The third kappa shape index (κ3) is 2.01. The Bertz CT molecular complexity index is 94.5. The van der Waals surface area contributed by atoms with Crippen molar-refractivity contribution in [1.29, 1.82) is 0 Å². The highest BCUT2D eigenvalue weighted by Gasteiger charge is 2.03. The van der Waals surface area contributed by atoms with Crippen LogP contribution >= 0.6 is 0 Å². The molecule has 0 radical (unpaired) electrons. The summed E-state index contributed by atoms with van der Waals surface area (Å²) in [6.07, 6.45) is 1.90. The van der Waals surface area contributed by atoms with E-state index in [2.05, 4.69) is 15.2 Å². The second-order valence-electron chi connectivity index (χ2n) is 2.16. The smallest absolute Gasteiger partial charge is 0.0847 e. The molecule has 1 rings (SSSR count). The van der Waals surface area contributed by atoms with Gasteiger partial charge in [-0.3, -0.25) is 4.99 Å². The summed E-state index contributed by atoms with van der Waals surface area (Å²) in [5.74, 6) is 0. The van der Waals surface area contributed by atoms with Crippen molar-refractivity contribution in [2.45, 2.75) is 0 Å². The number of hydrogen-bond donors (Lipinski definition) is 1. The molecule has 0 unspecified atom stereocenters. The minimum atomic E-state index is 1.09. The first kappa shape index (κ1) is 6.55. The van der Waals surface area contributed by atoms with E-state index in [4.69, 9.17) is 0 Å². The molecule has 1 aliphatic rings. The molecule has 3 nitrogen and oxygen atoms in total. The fraction of sp³-hybridized carbons (Fsp3) is 0.833. The minimum Gasteiger partial charge on any atom is -0.360 e. The largest absolute Gasteiger partial charge is 0.360 e. The molecule has 52 valence electrons. The summed E-state index contributed by atoms with van der Waals surface area (Å²) in [7, 11) is 1.81. The van der Waals surface area contributed by atoms with Gasteiger partial charge in [0, 0.05) is 33.2 Å². The zero-order valence-electron chi connectivity index (χ0n) is 5.80. The average molecular weight is 127 g/mol. The highest BCUT2D eigenvalue weighted by Crippen LogP contribution is 1.85. The molecule has 0 bridgehead atoms. The van der Waals surface area contributed by atoms with Crippen LogP contribution in [-0.4, -0.2) is 44.5 Å². The van der Waals surface area contributed by atoms with Gasteiger partial charge in [0.2, 0.25) is 0 Å². The zero-order valence-corrected chi connectivity index (χ0v) is 5.80. The predicted octanol–water partition coefficient (Wildman–Crippen LogP) is -0.450. The zero-order chi connectivity index (χ0) is 6.53. The number of aliphatic imine (C=N–C) groups is 1. The lowest BCUT2D eigenvalue weighted by atomic mass is 10.4. The topological polar surface area (TPSA) is 27.6 Å². The van der Waals surface area contributed by atoms with Gasteiger partial charge in [-0.25, -0.2) is 0 Å². The molecule has 1 N–H and O–H groups in total. The Hall–Kier alpha value is -0.570. The van der Waals surface area contributed by atoms with Crippen LogP contribution in [0.5, 0.6) is 0 Å². The fourth-order valence-corrected chi connectivity index (χ4v) is 0.961. The van der Waals surface area contributed by atoms with E-state index in [1.54, 1.807) is 0 Å². The summed E-state index contributed by atoms with van der Waals surface area (Å²) in [6.45, 7) is 4.37. The van der Waals surface area contributed by atoms with Crippen molar-refractivity contribution in [1.82, 2.24) is 10.2 Å². The highest BCUT2D eigenvalue weighted by molar-refractivity contribution is 5.54.